The molecule has 1 atom stereocenters. The summed E-state index contributed by atoms with van der Waals surface area (Å²) in [7, 11) is 0. The largest absolute Gasteiger partial charge is 0.325 e. The summed E-state index contributed by atoms with van der Waals surface area (Å²) in [4.78, 5) is 12.0. The van der Waals surface area contributed by atoms with E-state index in [-0.39, 0.29) is 12.4 Å². The van der Waals surface area contributed by atoms with Crippen molar-refractivity contribution in [1.82, 2.24) is 15.1 Å². The van der Waals surface area contributed by atoms with Gasteiger partial charge in [0.05, 0.1) is 23.3 Å². The Morgan fingerprint density at radius 2 is 2.12 bits per heavy atom. The monoisotopic (exact) mass is 434 g/mol. The van der Waals surface area contributed by atoms with E-state index >= 15 is 0 Å². The van der Waals surface area contributed by atoms with Crippen LogP contribution in [0.25, 0.3) is 0 Å². The van der Waals surface area contributed by atoms with Gasteiger partial charge in [0.1, 0.15) is 0 Å². The summed E-state index contributed by atoms with van der Waals surface area (Å²) >= 11 is 3.35. The molecule has 1 aliphatic heterocycles. The van der Waals surface area contributed by atoms with E-state index in [9.17, 15) is 13.6 Å². The Kier molecular flexibility index (Phi) is 6.53. The second-order valence-electron chi connectivity index (χ2n) is 5.85. The molecule has 0 saturated carbocycles. The van der Waals surface area contributed by atoms with E-state index in [4.69, 9.17) is 0 Å². The van der Waals surface area contributed by atoms with Crippen LogP contribution < -0.4 is 10.6 Å². The number of hydrogen-bond acceptors (Lipinski definition) is 3. The fraction of sp³-hybridized carbons (Fsp3) is 0.375. The van der Waals surface area contributed by atoms with Crippen LogP contribution in [0.2, 0.25) is 0 Å². The third-order valence-corrected chi connectivity index (χ3v) is 4.29. The van der Waals surface area contributed by atoms with Gasteiger partial charge in [-0.3, -0.25) is 14.8 Å². The molecule has 0 spiro atoms. The van der Waals surface area contributed by atoms with Gasteiger partial charge in [-0.25, -0.2) is 8.78 Å². The highest BCUT2D eigenvalue weighted by molar-refractivity contribution is 9.10. The maximum Gasteiger partial charge on any atom is 0.262 e. The van der Waals surface area contributed by atoms with Crippen LogP contribution in [0.3, 0.4) is 0 Å². The molecule has 3 rings (SSSR count). The second-order valence-corrected chi connectivity index (χ2v) is 6.77. The Morgan fingerprint density at radius 3 is 2.68 bits per heavy atom. The molecular weight excluding hydrogens is 418 g/mol. The Bertz CT molecular complexity index is 723. The van der Waals surface area contributed by atoms with Crippen LogP contribution in [-0.2, 0) is 17.8 Å². The van der Waals surface area contributed by atoms with Crippen LogP contribution >= 0.6 is 28.3 Å². The normalized spacial score (nSPS) is 18.6. The molecule has 0 aliphatic carbocycles. The molecule has 1 aliphatic rings. The molecule has 0 radical (unpaired) electrons. The standard InChI is InChI=1S/C16H17BrF2N4O.ClH/c17-12-8-21-23(9-12)6-5-11-1-3-13(4-2-11)22-15(24)14-7-16(18,19)10-20-14;/h1-4,8-9,14,20H,5-7,10H2,(H,22,24);1H. The average Bonchev–Trinajstić information content (AvgIpc) is 3.12. The molecule has 1 aromatic carbocycles. The van der Waals surface area contributed by atoms with Crippen LogP contribution in [-0.4, -0.2) is 34.2 Å². The molecule has 136 valence electrons. The van der Waals surface area contributed by atoms with Crippen LogP contribution in [0.5, 0.6) is 0 Å². The smallest absolute Gasteiger partial charge is 0.262 e. The highest BCUT2D eigenvalue weighted by Crippen LogP contribution is 2.25. The average molecular weight is 436 g/mol. The lowest BCUT2D eigenvalue weighted by Crippen LogP contribution is -2.35. The van der Waals surface area contributed by atoms with Crippen molar-refractivity contribution in [3.63, 3.8) is 0 Å². The first-order valence-corrected chi connectivity index (χ1v) is 8.40. The number of nitrogens with zero attached hydrogens (tertiary/aromatic N) is 2. The molecule has 1 saturated heterocycles. The first-order valence-electron chi connectivity index (χ1n) is 7.60. The number of carbonyl (C=O) groups excluding carboxylic acids is 1. The molecule has 1 aromatic heterocycles. The van der Waals surface area contributed by atoms with Crippen LogP contribution in [0, 0.1) is 0 Å². The first-order chi connectivity index (χ1) is 11.4. The first kappa shape index (κ1) is 19.8. The van der Waals surface area contributed by atoms with Crippen molar-refractivity contribution in [2.24, 2.45) is 0 Å². The summed E-state index contributed by atoms with van der Waals surface area (Å²) in [5.41, 5.74) is 1.70. The summed E-state index contributed by atoms with van der Waals surface area (Å²) in [5, 5.41) is 9.40. The third kappa shape index (κ3) is 5.49. The van der Waals surface area contributed by atoms with Crippen LogP contribution in [0.1, 0.15) is 12.0 Å². The lowest BCUT2D eigenvalue weighted by Gasteiger charge is -2.11. The molecule has 0 bridgehead atoms. The quantitative estimate of drug-likeness (QED) is 0.758. The van der Waals surface area contributed by atoms with E-state index < -0.39 is 30.8 Å². The summed E-state index contributed by atoms with van der Waals surface area (Å²) in [5.74, 6) is -3.24. The third-order valence-electron chi connectivity index (χ3n) is 3.88. The number of hydrogen-bond donors (Lipinski definition) is 2. The van der Waals surface area contributed by atoms with Crippen LogP contribution in [0.4, 0.5) is 14.5 Å². The van der Waals surface area contributed by atoms with Gasteiger partial charge in [-0.2, -0.15) is 5.10 Å². The molecule has 5 nitrogen and oxygen atoms in total. The number of carbonyl (C=O) groups is 1. The van der Waals surface area contributed by atoms with Gasteiger partial charge in [-0.1, -0.05) is 12.1 Å². The topological polar surface area (TPSA) is 59.0 Å². The van der Waals surface area contributed by atoms with E-state index in [1.165, 1.54) is 0 Å². The zero-order chi connectivity index (χ0) is 17.2. The minimum absolute atomic E-state index is 0. The molecule has 1 amide bonds. The fourth-order valence-corrected chi connectivity index (χ4v) is 2.92. The number of aryl methyl sites for hydroxylation is 2. The summed E-state index contributed by atoms with van der Waals surface area (Å²) in [6, 6.07) is 6.52. The minimum Gasteiger partial charge on any atom is -0.325 e. The van der Waals surface area contributed by atoms with Crippen LogP contribution in [0.15, 0.2) is 41.1 Å². The Morgan fingerprint density at radius 1 is 1.40 bits per heavy atom. The lowest BCUT2D eigenvalue weighted by molar-refractivity contribution is -0.118. The Balaban J connectivity index is 0.00000225. The Labute approximate surface area is 158 Å². The summed E-state index contributed by atoms with van der Waals surface area (Å²) < 4.78 is 29.0. The molecule has 2 aromatic rings. The number of rotatable bonds is 5. The SMILES string of the molecule is Cl.O=C(Nc1ccc(CCn2cc(Br)cn2)cc1)C1CC(F)(F)CN1. The number of benzene rings is 1. The lowest BCUT2D eigenvalue weighted by atomic mass is 10.1. The van der Waals surface area contributed by atoms with Crippen molar-refractivity contribution in [2.75, 3.05) is 11.9 Å². The molecule has 2 N–H and O–H groups in total. The summed E-state index contributed by atoms with van der Waals surface area (Å²) in [6.45, 7) is 0.298. The molecule has 25 heavy (non-hydrogen) atoms. The van der Waals surface area contributed by atoms with Gasteiger partial charge >= 0.3 is 0 Å². The number of alkyl halides is 2. The van der Waals surface area contributed by atoms with Gasteiger partial charge in [-0.05, 0) is 40.0 Å². The van der Waals surface area contributed by atoms with E-state index in [2.05, 4.69) is 31.7 Å². The van der Waals surface area contributed by atoms with Gasteiger partial charge in [0.25, 0.3) is 5.92 Å². The van der Waals surface area contributed by atoms with Crippen molar-refractivity contribution in [2.45, 2.75) is 31.4 Å². The number of anilines is 1. The van der Waals surface area contributed by atoms with Crippen molar-refractivity contribution in [3.05, 3.63) is 46.7 Å². The molecule has 1 unspecified atom stereocenters. The van der Waals surface area contributed by atoms with E-state index in [1.807, 2.05) is 23.0 Å². The minimum atomic E-state index is -2.81. The predicted molar refractivity (Wildman–Crippen MR) is 97.3 cm³/mol. The molecule has 1 fully saturated rings. The van der Waals surface area contributed by atoms with Gasteiger partial charge in [-0.15, -0.1) is 12.4 Å². The maximum atomic E-state index is 13.1. The number of halogens is 4. The molecule has 9 heteroatoms. The van der Waals surface area contributed by atoms with Gasteiger partial charge < -0.3 is 5.32 Å². The second kappa shape index (κ2) is 8.25. The van der Waals surface area contributed by atoms with E-state index in [1.54, 1.807) is 18.3 Å². The van der Waals surface area contributed by atoms with E-state index in [0.29, 0.717) is 5.69 Å². The van der Waals surface area contributed by atoms with Crippen molar-refractivity contribution in [3.8, 4) is 0 Å². The Hall–Kier alpha value is -1.51. The number of amides is 1. The number of nitrogens with one attached hydrogen (secondary N) is 2. The zero-order valence-electron chi connectivity index (χ0n) is 13.2. The zero-order valence-corrected chi connectivity index (χ0v) is 15.6. The summed E-state index contributed by atoms with van der Waals surface area (Å²) in [6.07, 6.45) is 3.98. The van der Waals surface area contributed by atoms with Crippen molar-refractivity contribution < 1.29 is 13.6 Å². The van der Waals surface area contributed by atoms with Gasteiger partial charge in [0.15, 0.2) is 0 Å². The van der Waals surface area contributed by atoms with Crippen molar-refractivity contribution >= 4 is 39.9 Å². The highest BCUT2D eigenvalue weighted by Gasteiger charge is 2.42. The van der Waals surface area contributed by atoms with Gasteiger partial charge in [0, 0.05) is 24.8 Å². The van der Waals surface area contributed by atoms with E-state index in [0.717, 1.165) is 23.0 Å². The molecular formula is C16H18BrClF2N4O. The predicted octanol–water partition coefficient (Wildman–Crippen LogP) is 3.25. The molecule has 2 heterocycles. The fourth-order valence-electron chi connectivity index (χ4n) is 2.59. The maximum absolute atomic E-state index is 13.1. The van der Waals surface area contributed by atoms with Gasteiger partial charge in [0.2, 0.25) is 5.91 Å². The van der Waals surface area contributed by atoms with Crippen molar-refractivity contribution in [1.29, 1.82) is 0 Å². The number of aromatic nitrogens is 2. The highest BCUT2D eigenvalue weighted by atomic mass is 79.9.